The first kappa shape index (κ1) is 13.8. The smallest absolute Gasteiger partial charge is 0.169 e. The third-order valence-electron chi connectivity index (χ3n) is 2.86. The minimum absolute atomic E-state index is 0.00983. The number of carbonyl (C=O) groups is 1. The highest BCUT2D eigenvalue weighted by atomic mass is 16.5. The molecular weight excluding hydrogens is 212 g/mol. The molecule has 0 aliphatic rings. The van der Waals surface area contributed by atoms with E-state index in [1.807, 2.05) is 32.0 Å². The van der Waals surface area contributed by atoms with E-state index in [2.05, 4.69) is 20.8 Å². The molecule has 1 aromatic carbocycles. The summed E-state index contributed by atoms with van der Waals surface area (Å²) in [5.41, 5.74) is 1.91. The molecule has 0 aliphatic carbocycles. The van der Waals surface area contributed by atoms with Crippen LogP contribution in [0.2, 0.25) is 0 Å². The molecule has 0 bridgehead atoms. The lowest BCUT2D eigenvalue weighted by atomic mass is 9.85. The van der Waals surface area contributed by atoms with Gasteiger partial charge in [0.15, 0.2) is 5.78 Å². The fourth-order valence-electron chi connectivity index (χ4n) is 1.67. The van der Waals surface area contributed by atoms with Crippen molar-refractivity contribution in [2.75, 3.05) is 7.11 Å². The van der Waals surface area contributed by atoms with Crippen LogP contribution in [-0.4, -0.2) is 12.9 Å². The molecule has 2 nitrogen and oxygen atoms in total. The van der Waals surface area contributed by atoms with Crippen molar-refractivity contribution in [2.45, 2.75) is 40.0 Å². The zero-order valence-electron chi connectivity index (χ0n) is 11.6. The predicted molar refractivity (Wildman–Crippen MR) is 70.9 cm³/mol. The summed E-state index contributed by atoms with van der Waals surface area (Å²) < 4.78 is 5.33. The summed E-state index contributed by atoms with van der Waals surface area (Å²) >= 11 is 0. The maximum atomic E-state index is 12.0. The number of carbonyl (C=O) groups excluding carboxylic acids is 1. The Morgan fingerprint density at radius 2 is 1.82 bits per heavy atom. The van der Waals surface area contributed by atoms with E-state index in [-0.39, 0.29) is 17.1 Å². The molecule has 0 aliphatic heterocycles. The Kier molecular flexibility index (Phi) is 3.97. The topological polar surface area (TPSA) is 26.3 Å². The van der Waals surface area contributed by atoms with E-state index in [4.69, 9.17) is 4.74 Å². The van der Waals surface area contributed by atoms with Crippen LogP contribution in [0.3, 0.4) is 0 Å². The van der Waals surface area contributed by atoms with Gasteiger partial charge in [0.2, 0.25) is 0 Å². The Balaban J connectivity index is 3.24. The van der Waals surface area contributed by atoms with Crippen LogP contribution in [0.15, 0.2) is 18.2 Å². The van der Waals surface area contributed by atoms with Crippen molar-refractivity contribution in [3.05, 3.63) is 29.3 Å². The Bertz CT molecular complexity index is 411. The van der Waals surface area contributed by atoms with Crippen LogP contribution < -0.4 is 4.74 Å². The van der Waals surface area contributed by atoms with Gasteiger partial charge in [-0.3, -0.25) is 4.79 Å². The van der Waals surface area contributed by atoms with Crippen LogP contribution in [0, 0.1) is 5.92 Å². The van der Waals surface area contributed by atoms with Gasteiger partial charge >= 0.3 is 0 Å². The van der Waals surface area contributed by atoms with Crippen molar-refractivity contribution >= 4 is 5.78 Å². The van der Waals surface area contributed by atoms with Gasteiger partial charge in [-0.15, -0.1) is 0 Å². The first-order chi connectivity index (χ1) is 7.77. The minimum Gasteiger partial charge on any atom is -0.496 e. The molecule has 0 heterocycles. The fraction of sp³-hybridized carbons (Fsp3) is 0.533. The van der Waals surface area contributed by atoms with Gasteiger partial charge in [0.25, 0.3) is 0 Å². The molecule has 0 atom stereocenters. The molecule has 1 rings (SSSR count). The summed E-state index contributed by atoms with van der Waals surface area (Å²) in [4.78, 5) is 12.0. The maximum Gasteiger partial charge on any atom is 0.169 e. The predicted octanol–water partition coefficient (Wildman–Crippen LogP) is 3.83. The molecule has 0 saturated heterocycles. The van der Waals surface area contributed by atoms with Gasteiger partial charge in [0.05, 0.1) is 12.7 Å². The summed E-state index contributed by atoms with van der Waals surface area (Å²) in [5, 5.41) is 0. The lowest BCUT2D eigenvalue weighted by molar-refractivity contribution is 0.0936. The van der Waals surface area contributed by atoms with Crippen LogP contribution in [0.4, 0.5) is 0 Å². The van der Waals surface area contributed by atoms with E-state index < -0.39 is 0 Å². The molecule has 0 amide bonds. The van der Waals surface area contributed by atoms with Crippen LogP contribution in [0.1, 0.15) is 50.5 Å². The highest BCUT2D eigenvalue weighted by Crippen LogP contribution is 2.29. The third kappa shape index (κ3) is 3.09. The number of Topliss-reactive ketones (excluding diaryl/α,β-unsaturated/α-hetero) is 1. The Morgan fingerprint density at radius 1 is 1.24 bits per heavy atom. The molecule has 0 radical (unpaired) electrons. The van der Waals surface area contributed by atoms with Crippen LogP contribution in [0.5, 0.6) is 5.75 Å². The van der Waals surface area contributed by atoms with Crippen molar-refractivity contribution in [3.8, 4) is 5.75 Å². The molecule has 0 unspecified atom stereocenters. The fourth-order valence-corrected chi connectivity index (χ4v) is 1.67. The molecule has 94 valence electrons. The summed E-state index contributed by atoms with van der Waals surface area (Å²) in [6.45, 7) is 10.2. The summed E-state index contributed by atoms with van der Waals surface area (Å²) in [6.07, 6.45) is 0. The summed E-state index contributed by atoms with van der Waals surface area (Å²) in [5.74, 6) is 0.794. The number of rotatable bonds is 3. The Labute approximate surface area is 104 Å². The Hall–Kier alpha value is -1.31. The third-order valence-corrected chi connectivity index (χ3v) is 2.86. The quantitative estimate of drug-likeness (QED) is 0.743. The largest absolute Gasteiger partial charge is 0.496 e. The average Bonchev–Trinajstić information content (AvgIpc) is 2.25. The number of hydrogen-bond donors (Lipinski definition) is 0. The van der Waals surface area contributed by atoms with Crippen LogP contribution >= 0.6 is 0 Å². The van der Waals surface area contributed by atoms with E-state index in [9.17, 15) is 4.79 Å². The molecule has 0 fully saturated rings. The molecule has 2 heteroatoms. The minimum atomic E-state index is -0.00983. The van der Waals surface area contributed by atoms with E-state index in [0.717, 1.165) is 0 Å². The number of benzene rings is 1. The molecule has 0 spiro atoms. The van der Waals surface area contributed by atoms with Crippen molar-refractivity contribution < 1.29 is 9.53 Å². The van der Waals surface area contributed by atoms with E-state index in [0.29, 0.717) is 11.3 Å². The van der Waals surface area contributed by atoms with Crippen LogP contribution in [0.25, 0.3) is 0 Å². The summed E-state index contributed by atoms with van der Waals surface area (Å²) in [6, 6.07) is 5.86. The summed E-state index contributed by atoms with van der Waals surface area (Å²) in [7, 11) is 1.61. The average molecular weight is 234 g/mol. The second kappa shape index (κ2) is 4.91. The second-order valence-corrected chi connectivity index (χ2v) is 5.68. The monoisotopic (exact) mass is 234 g/mol. The van der Waals surface area contributed by atoms with Crippen molar-refractivity contribution in [2.24, 2.45) is 5.92 Å². The molecule has 0 N–H and O–H groups in total. The van der Waals surface area contributed by atoms with Crippen molar-refractivity contribution in [3.63, 3.8) is 0 Å². The van der Waals surface area contributed by atoms with E-state index in [1.54, 1.807) is 7.11 Å². The molecule has 17 heavy (non-hydrogen) atoms. The van der Waals surface area contributed by atoms with E-state index >= 15 is 0 Å². The molecule has 0 aromatic heterocycles. The molecule has 1 aromatic rings. The van der Waals surface area contributed by atoms with Crippen molar-refractivity contribution in [1.29, 1.82) is 0 Å². The van der Waals surface area contributed by atoms with E-state index in [1.165, 1.54) is 5.56 Å². The zero-order chi connectivity index (χ0) is 13.2. The van der Waals surface area contributed by atoms with Gasteiger partial charge in [0, 0.05) is 5.92 Å². The normalized spacial score (nSPS) is 11.7. The van der Waals surface area contributed by atoms with Crippen LogP contribution in [-0.2, 0) is 5.41 Å². The van der Waals surface area contributed by atoms with Gasteiger partial charge in [0.1, 0.15) is 5.75 Å². The maximum absolute atomic E-state index is 12.0. The highest BCUT2D eigenvalue weighted by molar-refractivity contribution is 6.00. The first-order valence-corrected chi connectivity index (χ1v) is 6.00. The Morgan fingerprint density at radius 3 is 2.24 bits per heavy atom. The van der Waals surface area contributed by atoms with Crippen molar-refractivity contribution in [1.82, 2.24) is 0 Å². The van der Waals surface area contributed by atoms with Gasteiger partial charge in [-0.2, -0.15) is 0 Å². The van der Waals surface area contributed by atoms with Gasteiger partial charge in [-0.05, 0) is 23.1 Å². The molecule has 0 saturated carbocycles. The number of hydrogen-bond acceptors (Lipinski definition) is 2. The second-order valence-electron chi connectivity index (χ2n) is 5.68. The SMILES string of the molecule is COc1cc(C(C)(C)C)ccc1C(=O)C(C)C. The number of methoxy groups -OCH3 is 1. The standard InChI is InChI=1S/C15H22O2/c1-10(2)14(16)12-8-7-11(15(3,4)5)9-13(12)17-6/h7-10H,1-6H3. The molecular formula is C15H22O2. The number of ketones is 1. The number of ether oxygens (including phenoxy) is 1. The lowest BCUT2D eigenvalue weighted by Crippen LogP contribution is -2.14. The van der Waals surface area contributed by atoms with Gasteiger partial charge in [-0.1, -0.05) is 40.7 Å². The zero-order valence-corrected chi connectivity index (χ0v) is 11.6. The van der Waals surface area contributed by atoms with Gasteiger partial charge < -0.3 is 4.74 Å². The highest BCUT2D eigenvalue weighted by Gasteiger charge is 2.19. The lowest BCUT2D eigenvalue weighted by Gasteiger charge is -2.21. The first-order valence-electron chi connectivity index (χ1n) is 6.00. The van der Waals surface area contributed by atoms with Gasteiger partial charge in [-0.25, -0.2) is 0 Å².